The Bertz CT molecular complexity index is 474. The Morgan fingerprint density at radius 2 is 1.90 bits per heavy atom. The SMILES string of the molecule is Fc1ccc(Cl)c(NC2CCCCC2C2CCCCN2)c1. The van der Waals surface area contributed by atoms with Gasteiger partial charge in [0.15, 0.2) is 0 Å². The molecule has 1 saturated carbocycles. The molecule has 2 nitrogen and oxygen atoms in total. The monoisotopic (exact) mass is 310 g/mol. The number of hydrogen-bond acceptors (Lipinski definition) is 2. The fourth-order valence-corrected chi connectivity index (χ4v) is 4.04. The van der Waals surface area contributed by atoms with Gasteiger partial charge in [0.2, 0.25) is 0 Å². The van der Waals surface area contributed by atoms with E-state index in [2.05, 4.69) is 10.6 Å². The molecule has 116 valence electrons. The maximum Gasteiger partial charge on any atom is 0.125 e. The predicted molar refractivity (Wildman–Crippen MR) is 86.4 cm³/mol. The quantitative estimate of drug-likeness (QED) is 0.853. The van der Waals surface area contributed by atoms with Crippen LogP contribution in [0.15, 0.2) is 18.2 Å². The lowest BCUT2D eigenvalue weighted by atomic mass is 9.77. The predicted octanol–water partition coefficient (Wildman–Crippen LogP) is 4.59. The molecule has 0 amide bonds. The average Bonchev–Trinajstić information content (AvgIpc) is 2.52. The highest BCUT2D eigenvalue weighted by Crippen LogP contribution is 2.34. The molecule has 0 radical (unpaired) electrons. The van der Waals surface area contributed by atoms with Gasteiger partial charge >= 0.3 is 0 Å². The molecule has 1 heterocycles. The Kier molecular flexibility index (Phi) is 5.02. The Morgan fingerprint density at radius 1 is 1.10 bits per heavy atom. The minimum atomic E-state index is -0.231. The summed E-state index contributed by atoms with van der Waals surface area (Å²) in [5.41, 5.74) is 0.740. The van der Waals surface area contributed by atoms with Crippen LogP contribution >= 0.6 is 11.6 Å². The van der Waals surface area contributed by atoms with Crippen LogP contribution in [0.25, 0.3) is 0 Å². The van der Waals surface area contributed by atoms with Gasteiger partial charge in [-0.3, -0.25) is 0 Å². The average molecular weight is 311 g/mol. The molecule has 2 fully saturated rings. The summed E-state index contributed by atoms with van der Waals surface area (Å²) in [7, 11) is 0. The summed E-state index contributed by atoms with van der Waals surface area (Å²) in [5.74, 6) is 0.392. The molecule has 0 spiro atoms. The lowest BCUT2D eigenvalue weighted by molar-refractivity contribution is 0.217. The highest BCUT2D eigenvalue weighted by atomic mass is 35.5. The van der Waals surface area contributed by atoms with Crippen molar-refractivity contribution in [2.24, 2.45) is 5.92 Å². The van der Waals surface area contributed by atoms with Gasteiger partial charge in [-0.1, -0.05) is 30.9 Å². The molecule has 3 atom stereocenters. The van der Waals surface area contributed by atoms with E-state index in [9.17, 15) is 4.39 Å². The van der Waals surface area contributed by atoms with Crippen LogP contribution in [0.2, 0.25) is 5.02 Å². The minimum absolute atomic E-state index is 0.231. The second-order valence-corrected chi connectivity index (χ2v) is 6.79. The molecule has 0 bridgehead atoms. The number of benzene rings is 1. The van der Waals surface area contributed by atoms with Crippen LogP contribution in [0.5, 0.6) is 0 Å². The topological polar surface area (TPSA) is 24.1 Å². The van der Waals surface area contributed by atoms with Crippen molar-refractivity contribution in [1.29, 1.82) is 0 Å². The molecule has 0 aromatic heterocycles. The molecule has 3 rings (SSSR count). The van der Waals surface area contributed by atoms with E-state index >= 15 is 0 Å². The lowest BCUT2D eigenvalue weighted by Crippen LogP contribution is -2.48. The van der Waals surface area contributed by atoms with Crippen molar-refractivity contribution in [3.05, 3.63) is 29.0 Å². The van der Waals surface area contributed by atoms with Gasteiger partial charge < -0.3 is 10.6 Å². The molecule has 2 N–H and O–H groups in total. The van der Waals surface area contributed by atoms with Crippen LogP contribution in [-0.4, -0.2) is 18.6 Å². The van der Waals surface area contributed by atoms with E-state index in [4.69, 9.17) is 11.6 Å². The third kappa shape index (κ3) is 3.70. The summed E-state index contributed by atoms with van der Waals surface area (Å²) >= 11 is 6.20. The zero-order valence-corrected chi connectivity index (χ0v) is 13.1. The zero-order valence-electron chi connectivity index (χ0n) is 12.4. The summed E-state index contributed by atoms with van der Waals surface area (Å²) in [6.45, 7) is 1.13. The number of anilines is 1. The smallest absolute Gasteiger partial charge is 0.125 e. The van der Waals surface area contributed by atoms with Crippen molar-refractivity contribution in [2.45, 2.75) is 57.0 Å². The van der Waals surface area contributed by atoms with Crippen molar-refractivity contribution in [3.8, 4) is 0 Å². The molecule has 4 heteroatoms. The van der Waals surface area contributed by atoms with Crippen molar-refractivity contribution in [3.63, 3.8) is 0 Å². The second-order valence-electron chi connectivity index (χ2n) is 6.38. The first-order valence-electron chi connectivity index (χ1n) is 8.19. The van der Waals surface area contributed by atoms with Crippen LogP contribution in [0, 0.1) is 11.7 Å². The largest absolute Gasteiger partial charge is 0.381 e. The Hall–Kier alpha value is -0.800. The normalized spacial score (nSPS) is 30.1. The Morgan fingerprint density at radius 3 is 2.71 bits per heavy atom. The third-order valence-electron chi connectivity index (χ3n) is 4.95. The molecule has 1 aliphatic carbocycles. The standard InChI is InChI=1S/C17H24ClFN2/c18-14-9-8-12(19)11-17(14)21-16-7-2-1-5-13(16)15-6-3-4-10-20-15/h8-9,11,13,15-16,20-21H,1-7,10H2. The molecule has 21 heavy (non-hydrogen) atoms. The number of nitrogens with one attached hydrogen (secondary N) is 2. The minimum Gasteiger partial charge on any atom is -0.381 e. The number of hydrogen-bond donors (Lipinski definition) is 2. The molecular formula is C17H24ClFN2. The number of piperidine rings is 1. The first-order valence-corrected chi connectivity index (χ1v) is 8.57. The van der Waals surface area contributed by atoms with Crippen molar-refractivity contribution < 1.29 is 4.39 Å². The van der Waals surface area contributed by atoms with Gasteiger partial charge in [0.1, 0.15) is 5.82 Å². The summed E-state index contributed by atoms with van der Waals surface area (Å²) < 4.78 is 13.4. The van der Waals surface area contributed by atoms with E-state index in [0.29, 0.717) is 23.0 Å². The number of halogens is 2. The highest BCUT2D eigenvalue weighted by molar-refractivity contribution is 6.33. The summed E-state index contributed by atoms with van der Waals surface area (Å²) in [5, 5.41) is 7.82. The van der Waals surface area contributed by atoms with Gasteiger partial charge in [-0.25, -0.2) is 4.39 Å². The van der Waals surface area contributed by atoms with E-state index < -0.39 is 0 Å². The first kappa shape index (κ1) is 15.1. The second kappa shape index (κ2) is 6.97. The molecule has 2 aliphatic rings. The fraction of sp³-hybridized carbons (Fsp3) is 0.647. The van der Waals surface area contributed by atoms with Crippen LogP contribution in [-0.2, 0) is 0 Å². The maximum absolute atomic E-state index is 13.4. The number of rotatable bonds is 3. The maximum atomic E-state index is 13.4. The van der Waals surface area contributed by atoms with E-state index in [1.54, 1.807) is 6.07 Å². The van der Waals surface area contributed by atoms with E-state index in [1.165, 1.54) is 50.7 Å². The van der Waals surface area contributed by atoms with E-state index in [1.807, 2.05) is 0 Å². The summed E-state index contributed by atoms with van der Waals surface area (Å²) in [6.07, 6.45) is 8.82. The molecule has 1 aromatic rings. The van der Waals surface area contributed by atoms with Crippen LogP contribution in [0.4, 0.5) is 10.1 Å². The van der Waals surface area contributed by atoms with Crippen LogP contribution in [0.3, 0.4) is 0 Å². The van der Waals surface area contributed by atoms with Gasteiger partial charge in [-0.15, -0.1) is 0 Å². The van der Waals surface area contributed by atoms with Gasteiger partial charge in [-0.05, 0) is 56.3 Å². The van der Waals surface area contributed by atoms with Crippen molar-refractivity contribution in [2.75, 3.05) is 11.9 Å². The first-order chi connectivity index (χ1) is 10.2. The van der Waals surface area contributed by atoms with Crippen molar-refractivity contribution >= 4 is 17.3 Å². The fourth-order valence-electron chi connectivity index (χ4n) is 3.87. The third-order valence-corrected chi connectivity index (χ3v) is 5.28. The Balaban J connectivity index is 1.73. The van der Waals surface area contributed by atoms with Gasteiger partial charge in [0.05, 0.1) is 10.7 Å². The van der Waals surface area contributed by atoms with Gasteiger partial charge in [0.25, 0.3) is 0 Å². The Labute approximate surface area is 131 Å². The van der Waals surface area contributed by atoms with Crippen LogP contribution < -0.4 is 10.6 Å². The van der Waals surface area contributed by atoms with Crippen LogP contribution in [0.1, 0.15) is 44.9 Å². The van der Waals surface area contributed by atoms with E-state index in [-0.39, 0.29) is 5.82 Å². The summed E-state index contributed by atoms with van der Waals surface area (Å²) in [6, 6.07) is 5.56. The summed E-state index contributed by atoms with van der Waals surface area (Å²) in [4.78, 5) is 0. The van der Waals surface area contributed by atoms with E-state index in [0.717, 1.165) is 18.7 Å². The molecule has 3 unspecified atom stereocenters. The molecule has 1 aliphatic heterocycles. The van der Waals surface area contributed by atoms with Crippen molar-refractivity contribution in [1.82, 2.24) is 5.32 Å². The lowest BCUT2D eigenvalue weighted by Gasteiger charge is -2.40. The molecule has 1 aromatic carbocycles. The van der Waals surface area contributed by atoms with Gasteiger partial charge in [0, 0.05) is 12.1 Å². The van der Waals surface area contributed by atoms with Gasteiger partial charge in [-0.2, -0.15) is 0 Å². The molecular weight excluding hydrogens is 287 g/mol. The zero-order chi connectivity index (χ0) is 14.7. The molecule has 1 saturated heterocycles. The highest BCUT2D eigenvalue weighted by Gasteiger charge is 2.32.